The zero-order valence-electron chi connectivity index (χ0n) is 8.06. The first-order valence-corrected chi connectivity index (χ1v) is 4.28. The van der Waals surface area contributed by atoms with E-state index in [0.717, 1.165) is 6.42 Å². The number of hydrogen-bond donors (Lipinski definition) is 2. The Morgan fingerprint density at radius 2 is 2.36 bits per heavy atom. The normalized spacial score (nSPS) is 9.86. The maximum absolute atomic E-state index is 5.32. The number of aromatic nitrogens is 2. The van der Waals surface area contributed by atoms with Crippen LogP contribution in [0, 0.1) is 0 Å². The summed E-state index contributed by atoms with van der Waals surface area (Å²) in [4.78, 5) is 7.83. The third kappa shape index (κ3) is 3.55. The molecule has 0 saturated heterocycles. The third-order valence-corrected chi connectivity index (χ3v) is 1.50. The number of nitrogen functional groups attached to an aromatic ring is 1. The lowest BCUT2D eigenvalue weighted by molar-refractivity contribution is 0.170. The SMILES string of the molecule is COCCCOc1ccnc(NN)n1. The quantitative estimate of drug-likeness (QED) is 0.385. The molecular weight excluding hydrogens is 184 g/mol. The lowest BCUT2D eigenvalue weighted by Gasteiger charge is -2.05. The molecule has 0 atom stereocenters. The second-order valence-corrected chi connectivity index (χ2v) is 2.56. The average Bonchev–Trinajstić information content (AvgIpc) is 2.25. The molecule has 0 fully saturated rings. The number of ether oxygens (including phenoxy) is 2. The summed E-state index contributed by atoms with van der Waals surface area (Å²) in [6, 6.07) is 1.67. The maximum Gasteiger partial charge on any atom is 0.240 e. The molecule has 0 unspecified atom stereocenters. The molecule has 78 valence electrons. The van der Waals surface area contributed by atoms with Crippen LogP contribution < -0.4 is 16.0 Å². The Kier molecular flexibility index (Phi) is 4.66. The van der Waals surface area contributed by atoms with Gasteiger partial charge in [0.2, 0.25) is 11.8 Å². The summed E-state index contributed by atoms with van der Waals surface area (Å²) in [5, 5.41) is 0. The highest BCUT2D eigenvalue weighted by Gasteiger charge is 1.97. The Morgan fingerprint density at radius 1 is 1.50 bits per heavy atom. The van der Waals surface area contributed by atoms with Crippen LogP contribution in [0.25, 0.3) is 0 Å². The molecule has 0 aliphatic carbocycles. The fraction of sp³-hybridized carbons (Fsp3) is 0.500. The molecule has 0 spiro atoms. The van der Waals surface area contributed by atoms with Crippen molar-refractivity contribution >= 4 is 5.95 Å². The van der Waals surface area contributed by atoms with Gasteiger partial charge in [0.25, 0.3) is 0 Å². The van der Waals surface area contributed by atoms with Gasteiger partial charge in [0, 0.05) is 32.4 Å². The third-order valence-electron chi connectivity index (χ3n) is 1.50. The van der Waals surface area contributed by atoms with E-state index in [4.69, 9.17) is 15.3 Å². The highest BCUT2D eigenvalue weighted by Crippen LogP contribution is 2.07. The standard InChI is InChI=1S/C8H14N4O2/c1-13-5-2-6-14-7-3-4-10-8(11-7)12-9/h3-4H,2,5-6,9H2,1H3,(H,10,11,12). The van der Waals surface area contributed by atoms with Gasteiger partial charge in [-0.25, -0.2) is 10.8 Å². The summed E-state index contributed by atoms with van der Waals surface area (Å²) < 4.78 is 10.2. The first-order valence-electron chi connectivity index (χ1n) is 4.28. The first-order chi connectivity index (χ1) is 6.86. The van der Waals surface area contributed by atoms with Gasteiger partial charge in [0.15, 0.2) is 0 Å². The van der Waals surface area contributed by atoms with Crippen molar-refractivity contribution in [3.63, 3.8) is 0 Å². The van der Waals surface area contributed by atoms with Crippen LogP contribution in [0.3, 0.4) is 0 Å². The number of hydrazine groups is 1. The molecule has 1 rings (SSSR count). The van der Waals surface area contributed by atoms with Crippen molar-refractivity contribution in [1.82, 2.24) is 9.97 Å². The molecule has 3 N–H and O–H groups in total. The van der Waals surface area contributed by atoms with Gasteiger partial charge in [0.05, 0.1) is 6.61 Å². The molecule has 0 aromatic carbocycles. The van der Waals surface area contributed by atoms with Gasteiger partial charge in [-0.05, 0) is 0 Å². The molecule has 0 radical (unpaired) electrons. The summed E-state index contributed by atoms with van der Waals surface area (Å²) >= 11 is 0. The molecule has 0 saturated carbocycles. The highest BCUT2D eigenvalue weighted by atomic mass is 16.5. The van der Waals surface area contributed by atoms with E-state index in [0.29, 0.717) is 25.0 Å². The van der Waals surface area contributed by atoms with E-state index in [2.05, 4.69) is 15.4 Å². The molecule has 0 aliphatic rings. The van der Waals surface area contributed by atoms with Gasteiger partial charge in [-0.3, -0.25) is 5.43 Å². The minimum atomic E-state index is 0.342. The van der Waals surface area contributed by atoms with Crippen LogP contribution in [0.1, 0.15) is 6.42 Å². The van der Waals surface area contributed by atoms with Crippen LogP contribution in [-0.4, -0.2) is 30.3 Å². The molecule has 1 aromatic rings. The number of rotatable bonds is 6. The van der Waals surface area contributed by atoms with Crippen LogP contribution in [0.15, 0.2) is 12.3 Å². The summed E-state index contributed by atoms with van der Waals surface area (Å²) in [6.07, 6.45) is 2.40. The fourth-order valence-electron chi connectivity index (χ4n) is 0.872. The van der Waals surface area contributed by atoms with Crippen LogP contribution in [-0.2, 0) is 4.74 Å². The molecule has 0 bridgehead atoms. The maximum atomic E-state index is 5.32. The fourth-order valence-corrected chi connectivity index (χ4v) is 0.872. The summed E-state index contributed by atoms with van der Waals surface area (Å²) in [7, 11) is 1.65. The second kappa shape index (κ2) is 6.11. The number of hydrogen-bond acceptors (Lipinski definition) is 6. The van der Waals surface area contributed by atoms with Crippen molar-refractivity contribution in [1.29, 1.82) is 0 Å². The number of methoxy groups -OCH3 is 1. The minimum Gasteiger partial charge on any atom is -0.477 e. The van der Waals surface area contributed by atoms with Gasteiger partial charge in [0.1, 0.15) is 0 Å². The Bertz CT molecular complexity index is 269. The molecule has 6 nitrogen and oxygen atoms in total. The van der Waals surface area contributed by atoms with Crippen molar-refractivity contribution in [3.05, 3.63) is 12.3 Å². The highest BCUT2D eigenvalue weighted by molar-refractivity contribution is 5.25. The lowest BCUT2D eigenvalue weighted by Crippen LogP contribution is -2.11. The van der Waals surface area contributed by atoms with Gasteiger partial charge in [-0.1, -0.05) is 0 Å². The second-order valence-electron chi connectivity index (χ2n) is 2.56. The smallest absolute Gasteiger partial charge is 0.240 e. The van der Waals surface area contributed by atoms with Gasteiger partial charge in [-0.2, -0.15) is 4.98 Å². The van der Waals surface area contributed by atoms with Crippen molar-refractivity contribution in [2.45, 2.75) is 6.42 Å². The van der Waals surface area contributed by atoms with Crippen molar-refractivity contribution in [3.8, 4) is 5.88 Å². The first kappa shape index (κ1) is 10.7. The van der Waals surface area contributed by atoms with E-state index in [1.807, 2.05) is 0 Å². The summed E-state index contributed by atoms with van der Waals surface area (Å²) in [6.45, 7) is 1.24. The average molecular weight is 198 g/mol. The number of anilines is 1. The van der Waals surface area contributed by atoms with E-state index < -0.39 is 0 Å². The topological polar surface area (TPSA) is 82.3 Å². The number of nitrogens with one attached hydrogen (secondary N) is 1. The van der Waals surface area contributed by atoms with Crippen LogP contribution >= 0.6 is 0 Å². The lowest BCUT2D eigenvalue weighted by atomic mass is 10.5. The molecular formula is C8H14N4O2. The van der Waals surface area contributed by atoms with Crippen molar-refractivity contribution in [2.75, 3.05) is 25.7 Å². The Labute approximate surface area is 82.4 Å². The van der Waals surface area contributed by atoms with Crippen LogP contribution in [0.2, 0.25) is 0 Å². The molecule has 0 aliphatic heterocycles. The molecule has 0 amide bonds. The monoisotopic (exact) mass is 198 g/mol. The molecule has 1 heterocycles. The van der Waals surface area contributed by atoms with E-state index in [1.54, 1.807) is 19.4 Å². The minimum absolute atomic E-state index is 0.342. The van der Waals surface area contributed by atoms with E-state index in [1.165, 1.54) is 0 Å². The predicted molar refractivity (Wildman–Crippen MR) is 51.8 cm³/mol. The van der Waals surface area contributed by atoms with Gasteiger partial charge >= 0.3 is 0 Å². The molecule has 14 heavy (non-hydrogen) atoms. The van der Waals surface area contributed by atoms with Crippen molar-refractivity contribution in [2.24, 2.45) is 5.84 Å². The zero-order chi connectivity index (χ0) is 10.2. The van der Waals surface area contributed by atoms with Gasteiger partial charge < -0.3 is 9.47 Å². The van der Waals surface area contributed by atoms with Crippen LogP contribution in [0.4, 0.5) is 5.95 Å². The zero-order valence-corrected chi connectivity index (χ0v) is 8.06. The molecule has 1 aromatic heterocycles. The summed E-state index contributed by atoms with van der Waals surface area (Å²) in [5.41, 5.74) is 2.34. The Hall–Kier alpha value is -1.40. The largest absolute Gasteiger partial charge is 0.477 e. The van der Waals surface area contributed by atoms with Crippen LogP contribution in [0.5, 0.6) is 5.88 Å². The Morgan fingerprint density at radius 3 is 3.07 bits per heavy atom. The van der Waals surface area contributed by atoms with E-state index >= 15 is 0 Å². The van der Waals surface area contributed by atoms with Gasteiger partial charge in [-0.15, -0.1) is 0 Å². The predicted octanol–water partition coefficient (Wildman–Crippen LogP) is 0.177. The number of nitrogens with zero attached hydrogens (tertiary/aromatic N) is 2. The number of nitrogens with two attached hydrogens (primary N) is 1. The summed E-state index contributed by atoms with van der Waals surface area (Å²) in [5.74, 6) is 5.99. The molecule has 6 heteroatoms. The Balaban J connectivity index is 2.34. The van der Waals surface area contributed by atoms with E-state index in [9.17, 15) is 0 Å². The van der Waals surface area contributed by atoms with Crippen molar-refractivity contribution < 1.29 is 9.47 Å². The van der Waals surface area contributed by atoms with E-state index in [-0.39, 0.29) is 0 Å².